The molecule has 0 aliphatic heterocycles. The van der Waals surface area contributed by atoms with Crippen LogP contribution in [0, 0.1) is 0 Å². The molecule has 52 valence electrons. The summed E-state index contributed by atoms with van der Waals surface area (Å²) in [4.78, 5) is 0. The van der Waals surface area contributed by atoms with Gasteiger partial charge in [0.05, 0.1) is 0 Å². The van der Waals surface area contributed by atoms with Crippen LogP contribution < -0.4 is 5.73 Å². The highest BCUT2D eigenvalue weighted by Gasteiger charge is 1.95. The van der Waals surface area contributed by atoms with Crippen molar-refractivity contribution in [1.29, 1.82) is 0 Å². The Labute approximate surface area is 48.6 Å². The van der Waals surface area contributed by atoms with E-state index in [1.807, 2.05) is 0 Å². The average molecular weight is 123 g/mol. The molecule has 0 aliphatic carbocycles. The van der Waals surface area contributed by atoms with E-state index in [0.29, 0.717) is 0 Å². The first-order chi connectivity index (χ1) is 3.13. The summed E-state index contributed by atoms with van der Waals surface area (Å²) in [5.74, 6) is 0. The number of nitrogens with two attached hydrogens (primary N) is 1. The summed E-state index contributed by atoms with van der Waals surface area (Å²) in [7, 11) is 0. The Kier molecular flexibility index (Phi) is 6.70. The van der Waals surface area contributed by atoms with E-state index in [2.05, 4.69) is 4.74 Å². The first-order valence-corrected chi connectivity index (χ1v) is 2.22. The molecule has 0 bridgehead atoms. The van der Waals surface area contributed by atoms with Crippen molar-refractivity contribution >= 4 is 0 Å². The van der Waals surface area contributed by atoms with Crippen molar-refractivity contribution in [3.8, 4) is 0 Å². The second kappa shape index (κ2) is 4.99. The molecule has 2 unspecified atom stereocenters. The highest BCUT2D eigenvalue weighted by atomic mass is 16.6. The number of rotatable bonds is 2. The second-order valence-electron chi connectivity index (χ2n) is 1.44. The van der Waals surface area contributed by atoms with Crippen LogP contribution in [0.2, 0.25) is 0 Å². The van der Waals surface area contributed by atoms with E-state index in [4.69, 9.17) is 10.8 Å². The second-order valence-corrected chi connectivity index (χ2v) is 1.44. The van der Waals surface area contributed by atoms with Gasteiger partial charge in [-0.25, -0.2) is 0 Å². The van der Waals surface area contributed by atoms with Gasteiger partial charge in [0.1, 0.15) is 6.23 Å². The minimum Gasteiger partial charge on any atom is -0.412 e. The SMILES string of the molecule is CC(N)OC(C)O.O. The molecule has 5 N–H and O–H groups in total. The number of aliphatic hydroxyl groups is 1. The van der Waals surface area contributed by atoms with Gasteiger partial charge in [0, 0.05) is 0 Å². The van der Waals surface area contributed by atoms with Crippen molar-refractivity contribution in [2.75, 3.05) is 0 Å². The zero-order valence-electron chi connectivity index (χ0n) is 5.09. The van der Waals surface area contributed by atoms with Gasteiger partial charge in [-0.2, -0.15) is 0 Å². The molecule has 0 radical (unpaired) electrons. The van der Waals surface area contributed by atoms with Crippen LogP contribution in [-0.4, -0.2) is 23.1 Å². The zero-order valence-corrected chi connectivity index (χ0v) is 5.09. The summed E-state index contributed by atoms with van der Waals surface area (Å²) in [6, 6.07) is 0. The third-order valence-electron chi connectivity index (χ3n) is 0.412. The first kappa shape index (κ1) is 10.8. The van der Waals surface area contributed by atoms with Crippen molar-refractivity contribution in [3.63, 3.8) is 0 Å². The lowest BCUT2D eigenvalue weighted by Crippen LogP contribution is -2.24. The standard InChI is InChI=1S/C4H11NO2.H2O/c1-3(5)7-4(2)6;/h3-4,6H,5H2,1-2H3;1H2. The Morgan fingerprint density at radius 2 is 1.88 bits per heavy atom. The normalized spacial score (nSPS) is 16.5. The fourth-order valence-electron chi connectivity index (χ4n) is 0.311. The average Bonchev–Trinajstić information content (AvgIpc) is 1.27. The summed E-state index contributed by atoms with van der Waals surface area (Å²) in [6.45, 7) is 3.18. The molecule has 0 aromatic rings. The van der Waals surface area contributed by atoms with E-state index < -0.39 is 6.29 Å². The molecule has 0 rings (SSSR count). The van der Waals surface area contributed by atoms with Gasteiger partial charge in [-0.15, -0.1) is 0 Å². The first-order valence-electron chi connectivity index (χ1n) is 2.22. The molecule has 0 aromatic carbocycles. The molecular formula is C4H13NO3. The Balaban J connectivity index is 0. The highest BCUT2D eigenvalue weighted by Crippen LogP contribution is 1.85. The van der Waals surface area contributed by atoms with Crippen molar-refractivity contribution in [2.24, 2.45) is 5.73 Å². The smallest absolute Gasteiger partial charge is 0.153 e. The van der Waals surface area contributed by atoms with Crippen LogP contribution in [0.1, 0.15) is 13.8 Å². The predicted octanol–water partition coefficient (Wildman–Crippen LogP) is -1.18. The van der Waals surface area contributed by atoms with E-state index in [1.54, 1.807) is 6.92 Å². The fourth-order valence-corrected chi connectivity index (χ4v) is 0.311. The Morgan fingerprint density at radius 1 is 1.50 bits per heavy atom. The number of aliphatic hydroxyl groups excluding tert-OH is 1. The van der Waals surface area contributed by atoms with Crippen LogP contribution in [0.15, 0.2) is 0 Å². The highest BCUT2D eigenvalue weighted by molar-refractivity contribution is 4.31. The summed E-state index contributed by atoms with van der Waals surface area (Å²) < 4.78 is 4.58. The quantitative estimate of drug-likeness (QED) is 0.453. The molecule has 4 heteroatoms. The number of hydrogen-bond donors (Lipinski definition) is 2. The van der Waals surface area contributed by atoms with Gasteiger partial charge in [0.25, 0.3) is 0 Å². The minimum atomic E-state index is -0.750. The van der Waals surface area contributed by atoms with Crippen molar-refractivity contribution in [2.45, 2.75) is 26.4 Å². The molecule has 0 saturated carbocycles. The lowest BCUT2D eigenvalue weighted by molar-refractivity contribution is -0.115. The van der Waals surface area contributed by atoms with Crippen molar-refractivity contribution < 1.29 is 15.3 Å². The van der Waals surface area contributed by atoms with E-state index in [0.717, 1.165) is 0 Å². The van der Waals surface area contributed by atoms with Crippen LogP contribution >= 0.6 is 0 Å². The van der Waals surface area contributed by atoms with Gasteiger partial charge >= 0.3 is 0 Å². The molecule has 8 heavy (non-hydrogen) atoms. The lowest BCUT2D eigenvalue weighted by Gasteiger charge is -2.08. The summed E-state index contributed by atoms with van der Waals surface area (Å²) in [5, 5.41) is 8.42. The third-order valence-corrected chi connectivity index (χ3v) is 0.412. The zero-order chi connectivity index (χ0) is 5.86. The van der Waals surface area contributed by atoms with Crippen molar-refractivity contribution in [1.82, 2.24) is 0 Å². The summed E-state index contributed by atoms with van der Waals surface area (Å²) in [5.41, 5.74) is 5.11. The molecule has 4 nitrogen and oxygen atoms in total. The maximum Gasteiger partial charge on any atom is 0.153 e. The van der Waals surface area contributed by atoms with E-state index in [1.165, 1.54) is 6.92 Å². The molecule has 0 fully saturated rings. The summed E-state index contributed by atoms with van der Waals surface area (Å²) in [6.07, 6.45) is -1.13. The third kappa shape index (κ3) is 9.28. The molecule has 0 heterocycles. The maximum absolute atomic E-state index is 8.42. The largest absolute Gasteiger partial charge is 0.412 e. The van der Waals surface area contributed by atoms with Gasteiger partial charge in [0.2, 0.25) is 0 Å². The Bertz CT molecular complexity index is 40.5. The van der Waals surface area contributed by atoms with Crippen LogP contribution in [-0.2, 0) is 4.74 Å². The fraction of sp³-hybridized carbons (Fsp3) is 1.00. The van der Waals surface area contributed by atoms with Gasteiger partial charge in [-0.3, -0.25) is 0 Å². The van der Waals surface area contributed by atoms with E-state index in [9.17, 15) is 0 Å². The lowest BCUT2D eigenvalue weighted by atomic mass is 10.7. The van der Waals surface area contributed by atoms with Crippen LogP contribution in [0.5, 0.6) is 0 Å². The molecule has 0 amide bonds. The topological polar surface area (TPSA) is 87.0 Å². The van der Waals surface area contributed by atoms with Crippen molar-refractivity contribution in [3.05, 3.63) is 0 Å². The Hall–Kier alpha value is -0.160. The molecule has 2 atom stereocenters. The molecule has 0 spiro atoms. The maximum atomic E-state index is 8.42. The van der Waals surface area contributed by atoms with Crippen LogP contribution in [0.25, 0.3) is 0 Å². The van der Waals surface area contributed by atoms with Gasteiger partial charge in [0.15, 0.2) is 6.29 Å². The van der Waals surface area contributed by atoms with E-state index >= 15 is 0 Å². The van der Waals surface area contributed by atoms with Crippen LogP contribution in [0.3, 0.4) is 0 Å². The summed E-state index contributed by atoms with van der Waals surface area (Å²) >= 11 is 0. The molecular weight excluding hydrogens is 110 g/mol. The molecule has 0 aromatic heterocycles. The Morgan fingerprint density at radius 3 is 1.88 bits per heavy atom. The number of ether oxygens (including phenoxy) is 1. The van der Waals surface area contributed by atoms with Gasteiger partial charge in [-0.1, -0.05) is 0 Å². The van der Waals surface area contributed by atoms with Crippen LogP contribution in [0.4, 0.5) is 0 Å². The molecule has 0 aliphatic rings. The predicted molar refractivity (Wildman–Crippen MR) is 30.0 cm³/mol. The van der Waals surface area contributed by atoms with E-state index in [-0.39, 0.29) is 11.7 Å². The molecule has 0 saturated heterocycles. The monoisotopic (exact) mass is 123 g/mol. The van der Waals surface area contributed by atoms with Gasteiger partial charge < -0.3 is 21.1 Å². The van der Waals surface area contributed by atoms with Gasteiger partial charge in [-0.05, 0) is 13.8 Å². The number of hydrogen-bond acceptors (Lipinski definition) is 3. The minimum absolute atomic E-state index is 0.